The molecule has 1 fully saturated rings. The third-order valence-electron chi connectivity index (χ3n) is 5.02. The fraction of sp³-hybridized carbons (Fsp3) is 0.947. The number of unbranched alkanes of at least 4 members (excludes halogenated alkanes) is 5. The average molecular weight is 311 g/mol. The van der Waals surface area contributed by atoms with Crippen molar-refractivity contribution >= 4 is 5.91 Å². The summed E-state index contributed by atoms with van der Waals surface area (Å²) in [7, 11) is 0. The summed E-state index contributed by atoms with van der Waals surface area (Å²) < 4.78 is 0. The Bertz CT molecular complexity index is 285. The standard InChI is InChI=1S/C19H38N2O/c1-4-6-8-9-10-12-19(11-7-5-2)17-20-13-15-21(16-14-20)18(3)22/h19H,4-17H2,1-3H3. The lowest BCUT2D eigenvalue weighted by molar-refractivity contribution is -0.130. The van der Waals surface area contributed by atoms with E-state index in [0.29, 0.717) is 0 Å². The molecule has 1 aliphatic rings. The van der Waals surface area contributed by atoms with E-state index < -0.39 is 0 Å². The van der Waals surface area contributed by atoms with Gasteiger partial charge >= 0.3 is 0 Å². The molecule has 1 aliphatic heterocycles. The summed E-state index contributed by atoms with van der Waals surface area (Å²) in [4.78, 5) is 16.0. The number of amides is 1. The van der Waals surface area contributed by atoms with Crippen molar-refractivity contribution in [2.24, 2.45) is 5.92 Å². The van der Waals surface area contributed by atoms with Crippen molar-refractivity contribution < 1.29 is 4.79 Å². The summed E-state index contributed by atoms with van der Waals surface area (Å²) in [5, 5.41) is 0. The molecule has 1 saturated heterocycles. The van der Waals surface area contributed by atoms with Crippen molar-refractivity contribution in [2.45, 2.75) is 78.6 Å². The van der Waals surface area contributed by atoms with E-state index in [0.717, 1.165) is 32.1 Å². The van der Waals surface area contributed by atoms with E-state index in [1.165, 1.54) is 64.3 Å². The van der Waals surface area contributed by atoms with Gasteiger partial charge in [-0.05, 0) is 18.8 Å². The minimum absolute atomic E-state index is 0.234. The molecule has 130 valence electrons. The van der Waals surface area contributed by atoms with Crippen LogP contribution in [0.4, 0.5) is 0 Å². The van der Waals surface area contributed by atoms with Gasteiger partial charge in [-0.2, -0.15) is 0 Å². The van der Waals surface area contributed by atoms with Crippen LogP contribution in [-0.4, -0.2) is 48.4 Å². The molecule has 0 aliphatic carbocycles. The molecule has 1 atom stereocenters. The first-order chi connectivity index (χ1) is 10.7. The van der Waals surface area contributed by atoms with Crippen LogP contribution in [0.25, 0.3) is 0 Å². The summed E-state index contributed by atoms with van der Waals surface area (Å²) in [6.07, 6.45) is 12.4. The molecule has 3 nitrogen and oxygen atoms in total. The lowest BCUT2D eigenvalue weighted by Gasteiger charge is -2.36. The summed E-state index contributed by atoms with van der Waals surface area (Å²) in [5.41, 5.74) is 0. The smallest absolute Gasteiger partial charge is 0.219 e. The molecule has 1 unspecified atom stereocenters. The zero-order valence-corrected chi connectivity index (χ0v) is 15.3. The highest BCUT2D eigenvalue weighted by atomic mass is 16.2. The first-order valence-corrected chi connectivity index (χ1v) is 9.65. The van der Waals surface area contributed by atoms with Crippen LogP contribution in [0, 0.1) is 5.92 Å². The predicted molar refractivity (Wildman–Crippen MR) is 95.1 cm³/mol. The van der Waals surface area contributed by atoms with Gasteiger partial charge in [0.2, 0.25) is 5.91 Å². The van der Waals surface area contributed by atoms with Crippen molar-refractivity contribution in [3.05, 3.63) is 0 Å². The Kier molecular flexibility index (Phi) is 10.6. The minimum Gasteiger partial charge on any atom is -0.340 e. The molecule has 0 saturated carbocycles. The Labute approximate surface area is 138 Å². The topological polar surface area (TPSA) is 23.6 Å². The maximum Gasteiger partial charge on any atom is 0.219 e. The van der Waals surface area contributed by atoms with Gasteiger partial charge in [-0.25, -0.2) is 0 Å². The Hall–Kier alpha value is -0.570. The van der Waals surface area contributed by atoms with Gasteiger partial charge in [0.1, 0.15) is 0 Å². The van der Waals surface area contributed by atoms with E-state index in [-0.39, 0.29) is 5.91 Å². The normalized spacial score (nSPS) is 17.7. The van der Waals surface area contributed by atoms with Crippen molar-refractivity contribution in [1.29, 1.82) is 0 Å². The van der Waals surface area contributed by atoms with E-state index in [1.807, 2.05) is 4.90 Å². The second-order valence-corrected chi connectivity index (χ2v) is 7.02. The lowest BCUT2D eigenvalue weighted by Crippen LogP contribution is -2.49. The van der Waals surface area contributed by atoms with Crippen LogP contribution in [0.5, 0.6) is 0 Å². The third-order valence-corrected chi connectivity index (χ3v) is 5.02. The molecule has 0 radical (unpaired) electrons. The molecule has 0 bridgehead atoms. The number of hydrogen-bond donors (Lipinski definition) is 0. The molecule has 0 spiro atoms. The number of piperazine rings is 1. The molecule has 1 amide bonds. The summed E-state index contributed by atoms with van der Waals surface area (Å²) in [6, 6.07) is 0. The van der Waals surface area contributed by atoms with Crippen LogP contribution in [0.15, 0.2) is 0 Å². The first kappa shape index (κ1) is 19.5. The molecule has 0 N–H and O–H groups in total. The van der Waals surface area contributed by atoms with Crippen molar-refractivity contribution in [3.8, 4) is 0 Å². The van der Waals surface area contributed by atoms with E-state index in [2.05, 4.69) is 18.7 Å². The van der Waals surface area contributed by atoms with E-state index >= 15 is 0 Å². The molecule has 0 aromatic carbocycles. The quantitative estimate of drug-likeness (QED) is 0.531. The maximum atomic E-state index is 11.4. The van der Waals surface area contributed by atoms with Crippen molar-refractivity contribution in [2.75, 3.05) is 32.7 Å². The predicted octanol–water partition coefficient (Wildman–Crippen LogP) is 4.32. The highest BCUT2D eigenvalue weighted by Gasteiger charge is 2.20. The van der Waals surface area contributed by atoms with E-state index in [4.69, 9.17) is 0 Å². The van der Waals surface area contributed by atoms with Gasteiger partial charge in [-0.15, -0.1) is 0 Å². The Balaban J connectivity index is 2.26. The van der Waals surface area contributed by atoms with Gasteiger partial charge in [0.15, 0.2) is 0 Å². The van der Waals surface area contributed by atoms with Gasteiger partial charge in [0.25, 0.3) is 0 Å². The molecule has 22 heavy (non-hydrogen) atoms. The van der Waals surface area contributed by atoms with Gasteiger partial charge in [0.05, 0.1) is 0 Å². The summed E-state index contributed by atoms with van der Waals surface area (Å²) in [5.74, 6) is 1.10. The first-order valence-electron chi connectivity index (χ1n) is 9.65. The van der Waals surface area contributed by atoms with Crippen molar-refractivity contribution in [1.82, 2.24) is 9.80 Å². The molecular weight excluding hydrogens is 272 g/mol. The maximum absolute atomic E-state index is 11.4. The number of carbonyl (C=O) groups is 1. The van der Waals surface area contributed by atoms with Gasteiger partial charge in [0, 0.05) is 39.6 Å². The molecule has 1 rings (SSSR count). The lowest BCUT2D eigenvalue weighted by atomic mass is 9.94. The largest absolute Gasteiger partial charge is 0.340 e. The van der Waals surface area contributed by atoms with Gasteiger partial charge in [-0.3, -0.25) is 9.69 Å². The molecule has 3 heteroatoms. The molecule has 0 aromatic rings. The van der Waals surface area contributed by atoms with Crippen LogP contribution in [-0.2, 0) is 4.79 Å². The van der Waals surface area contributed by atoms with Crippen LogP contribution < -0.4 is 0 Å². The molecular formula is C19H38N2O. The Morgan fingerprint density at radius 2 is 1.45 bits per heavy atom. The van der Waals surface area contributed by atoms with Crippen LogP contribution >= 0.6 is 0 Å². The third kappa shape index (κ3) is 8.17. The second kappa shape index (κ2) is 11.9. The SMILES string of the molecule is CCCCCCCC(CCCC)CN1CCN(C(C)=O)CC1. The Morgan fingerprint density at radius 1 is 0.864 bits per heavy atom. The fourth-order valence-corrected chi connectivity index (χ4v) is 3.47. The minimum atomic E-state index is 0.234. The Morgan fingerprint density at radius 3 is 2.05 bits per heavy atom. The monoisotopic (exact) mass is 310 g/mol. The van der Waals surface area contributed by atoms with Gasteiger partial charge in [-0.1, -0.05) is 58.8 Å². The number of hydrogen-bond acceptors (Lipinski definition) is 2. The molecule has 1 heterocycles. The average Bonchev–Trinajstić information content (AvgIpc) is 2.52. The van der Waals surface area contributed by atoms with Crippen molar-refractivity contribution in [3.63, 3.8) is 0 Å². The number of rotatable bonds is 11. The number of nitrogens with zero attached hydrogens (tertiary/aromatic N) is 2. The van der Waals surface area contributed by atoms with E-state index in [9.17, 15) is 4.79 Å². The summed E-state index contributed by atoms with van der Waals surface area (Å²) in [6.45, 7) is 11.5. The fourth-order valence-electron chi connectivity index (χ4n) is 3.47. The van der Waals surface area contributed by atoms with Gasteiger partial charge < -0.3 is 4.90 Å². The van der Waals surface area contributed by atoms with E-state index in [1.54, 1.807) is 6.92 Å². The zero-order valence-electron chi connectivity index (χ0n) is 15.3. The zero-order chi connectivity index (χ0) is 16.2. The van der Waals surface area contributed by atoms with Crippen LogP contribution in [0.3, 0.4) is 0 Å². The van der Waals surface area contributed by atoms with Crippen LogP contribution in [0.2, 0.25) is 0 Å². The van der Waals surface area contributed by atoms with Crippen LogP contribution in [0.1, 0.15) is 78.6 Å². The summed E-state index contributed by atoms with van der Waals surface area (Å²) >= 11 is 0. The highest BCUT2D eigenvalue weighted by molar-refractivity contribution is 5.73. The second-order valence-electron chi connectivity index (χ2n) is 7.02. The number of carbonyl (C=O) groups excluding carboxylic acids is 1. The molecule has 0 aromatic heterocycles. The highest BCUT2D eigenvalue weighted by Crippen LogP contribution is 2.19.